The molecule has 0 aliphatic heterocycles. The fraction of sp³-hybridized carbons (Fsp3) is 0.333. The van der Waals surface area contributed by atoms with Crippen LogP contribution in [0.1, 0.15) is 13.3 Å². The molecule has 1 N–H and O–H groups in total. The Morgan fingerprint density at radius 1 is 1.33 bits per heavy atom. The number of hydrogen-bond donors (Lipinski definition) is 1. The van der Waals surface area contributed by atoms with Crippen LogP contribution in [0.4, 0.5) is 5.69 Å². The van der Waals surface area contributed by atoms with Crippen molar-refractivity contribution in [2.75, 3.05) is 0 Å². The van der Waals surface area contributed by atoms with E-state index in [1.807, 2.05) is 37.3 Å². The largest absolute Gasteiger partial charge is 0.370 e. The van der Waals surface area contributed by atoms with Crippen molar-refractivity contribution in [1.29, 1.82) is 0 Å². The Hall–Kier alpha value is -1.22. The maximum absolute atomic E-state index is 9.06. The van der Waals surface area contributed by atoms with Gasteiger partial charge in [0.05, 0.1) is 5.69 Å². The van der Waals surface area contributed by atoms with Gasteiger partial charge in [0.25, 0.3) is 0 Å². The molecule has 1 rings (SSSR count). The summed E-state index contributed by atoms with van der Waals surface area (Å²) in [6.07, 6.45) is -0.0822. The molecule has 0 fully saturated rings. The molecular formula is C9H12N2O. The SMILES string of the molecule is CCC(O)N=Nc1ccccc1. The van der Waals surface area contributed by atoms with Crippen LogP contribution in [0, 0.1) is 0 Å². The van der Waals surface area contributed by atoms with E-state index < -0.39 is 6.23 Å². The standard InChI is InChI=1S/C9H12N2O/c1-2-9(12)11-10-8-6-4-3-5-7-8/h3-7,9,12H,2H2,1H3. The molecule has 1 aromatic rings. The first-order chi connectivity index (χ1) is 5.83. The summed E-state index contributed by atoms with van der Waals surface area (Å²) in [5.74, 6) is 0. The molecule has 0 aliphatic rings. The van der Waals surface area contributed by atoms with Crippen molar-refractivity contribution < 1.29 is 5.11 Å². The van der Waals surface area contributed by atoms with Gasteiger partial charge < -0.3 is 5.11 Å². The van der Waals surface area contributed by atoms with Crippen LogP contribution in [0.3, 0.4) is 0 Å². The zero-order valence-corrected chi connectivity index (χ0v) is 7.01. The van der Waals surface area contributed by atoms with Gasteiger partial charge in [-0.1, -0.05) is 25.1 Å². The predicted octanol–water partition coefficient (Wildman–Crippen LogP) is 2.50. The monoisotopic (exact) mass is 164 g/mol. The normalized spacial score (nSPS) is 13.5. The molecule has 1 unspecified atom stereocenters. The fourth-order valence-corrected chi connectivity index (χ4v) is 0.710. The Balaban J connectivity index is 2.58. The van der Waals surface area contributed by atoms with Crippen molar-refractivity contribution in [3.63, 3.8) is 0 Å². The minimum Gasteiger partial charge on any atom is -0.370 e. The second-order valence-electron chi connectivity index (χ2n) is 2.44. The van der Waals surface area contributed by atoms with Crippen molar-refractivity contribution in [3.05, 3.63) is 30.3 Å². The molecule has 3 heteroatoms. The number of aliphatic hydroxyl groups excluding tert-OH is 1. The molecule has 64 valence electrons. The van der Waals surface area contributed by atoms with Gasteiger partial charge in [0, 0.05) is 0 Å². The third kappa shape index (κ3) is 2.80. The molecule has 0 amide bonds. The number of hydrogen-bond acceptors (Lipinski definition) is 3. The van der Waals surface area contributed by atoms with Crippen LogP contribution in [0.25, 0.3) is 0 Å². The lowest BCUT2D eigenvalue weighted by atomic mass is 10.3. The Morgan fingerprint density at radius 2 is 2.00 bits per heavy atom. The van der Waals surface area contributed by atoms with Gasteiger partial charge in [-0.2, -0.15) is 10.2 Å². The van der Waals surface area contributed by atoms with Crippen LogP contribution >= 0.6 is 0 Å². The molecule has 3 nitrogen and oxygen atoms in total. The molecular weight excluding hydrogens is 152 g/mol. The zero-order chi connectivity index (χ0) is 8.81. The van der Waals surface area contributed by atoms with Crippen LogP contribution in [-0.4, -0.2) is 11.3 Å². The second kappa shape index (κ2) is 4.62. The molecule has 0 heterocycles. The quantitative estimate of drug-likeness (QED) is 0.685. The summed E-state index contributed by atoms with van der Waals surface area (Å²) in [5, 5.41) is 16.6. The molecule has 0 bridgehead atoms. The van der Waals surface area contributed by atoms with Crippen molar-refractivity contribution in [2.45, 2.75) is 19.6 Å². The summed E-state index contributed by atoms with van der Waals surface area (Å²) in [7, 11) is 0. The molecule has 0 saturated heterocycles. The minimum absolute atomic E-state index is 0.594. The van der Waals surface area contributed by atoms with Crippen LogP contribution < -0.4 is 0 Å². The van der Waals surface area contributed by atoms with Gasteiger partial charge in [-0.15, -0.1) is 0 Å². The highest BCUT2D eigenvalue weighted by Gasteiger charge is 1.93. The topological polar surface area (TPSA) is 45.0 Å². The van der Waals surface area contributed by atoms with Crippen molar-refractivity contribution in [1.82, 2.24) is 0 Å². The summed E-state index contributed by atoms with van der Waals surface area (Å²) < 4.78 is 0. The van der Waals surface area contributed by atoms with E-state index in [1.165, 1.54) is 0 Å². The third-order valence-electron chi connectivity index (χ3n) is 1.43. The van der Waals surface area contributed by atoms with Gasteiger partial charge in [-0.05, 0) is 18.6 Å². The maximum Gasteiger partial charge on any atom is 0.165 e. The van der Waals surface area contributed by atoms with Crippen LogP contribution in [-0.2, 0) is 0 Å². The lowest BCUT2D eigenvalue weighted by Gasteiger charge is -1.96. The van der Waals surface area contributed by atoms with E-state index in [4.69, 9.17) is 5.11 Å². The zero-order valence-electron chi connectivity index (χ0n) is 7.01. The van der Waals surface area contributed by atoms with E-state index in [2.05, 4.69) is 10.2 Å². The molecule has 1 atom stereocenters. The minimum atomic E-state index is -0.676. The number of rotatable bonds is 3. The smallest absolute Gasteiger partial charge is 0.165 e. The summed E-state index contributed by atoms with van der Waals surface area (Å²) in [4.78, 5) is 0. The first kappa shape index (κ1) is 8.87. The number of azo groups is 1. The Kier molecular flexibility index (Phi) is 3.41. The first-order valence-electron chi connectivity index (χ1n) is 3.97. The molecule has 0 spiro atoms. The average molecular weight is 164 g/mol. The third-order valence-corrected chi connectivity index (χ3v) is 1.43. The van der Waals surface area contributed by atoms with Crippen molar-refractivity contribution in [3.8, 4) is 0 Å². The van der Waals surface area contributed by atoms with E-state index >= 15 is 0 Å². The Morgan fingerprint density at radius 3 is 2.58 bits per heavy atom. The van der Waals surface area contributed by atoms with Gasteiger partial charge in [-0.25, -0.2) is 0 Å². The lowest BCUT2D eigenvalue weighted by Crippen LogP contribution is -1.96. The van der Waals surface area contributed by atoms with E-state index in [0.29, 0.717) is 6.42 Å². The van der Waals surface area contributed by atoms with Gasteiger partial charge in [-0.3, -0.25) is 0 Å². The molecule has 12 heavy (non-hydrogen) atoms. The highest BCUT2D eigenvalue weighted by atomic mass is 16.3. The molecule has 0 aliphatic carbocycles. The number of aliphatic hydroxyl groups is 1. The van der Waals surface area contributed by atoms with Gasteiger partial charge in [0.15, 0.2) is 6.23 Å². The first-order valence-corrected chi connectivity index (χ1v) is 3.97. The predicted molar refractivity (Wildman–Crippen MR) is 47.3 cm³/mol. The van der Waals surface area contributed by atoms with Gasteiger partial charge in [0.2, 0.25) is 0 Å². The summed E-state index contributed by atoms with van der Waals surface area (Å²) in [6.45, 7) is 1.86. The van der Waals surface area contributed by atoms with E-state index in [9.17, 15) is 0 Å². The van der Waals surface area contributed by atoms with Crippen molar-refractivity contribution in [2.24, 2.45) is 10.2 Å². The maximum atomic E-state index is 9.06. The summed E-state index contributed by atoms with van der Waals surface area (Å²) in [5.41, 5.74) is 0.769. The fourth-order valence-electron chi connectivity index (χ4n) is 0.710. The van der Waals surface area contributed by atoms with Gasteiger partial charge in [0.1, 0.15) is 0 Å². The second-order valence-corrected chi connectivity index (χ2v) is 2.44. The Labute approximate surface area is 71.8 Å². The van der Waals surface area contributed by atoms with Crippen LogP contribution in [0.15, 0.2) is 40.6 Å². The summed E-state index contributed by atoms with van der Waals surface area (Å²) >= 11 is 0. The van der Waals surface area contributed by atoms with E-state index in [-0.39, 0.29) is 0 Å². The lowest BCUT2D eigenvalue weighted by molar-refractivity contribution is 0.173. The molecule has 0 aromatic heterocycles. The number of nitrogens with zero attached hydrogens (tertiary/aromatic N) is 2. The Bertz CT molecular complexity index is 246. The van der Waals surface area contributed by atoms with Gasteiger partial charge >= 0.3 is 0 Å². The van der Waals surface area contributed by atoms with Crippen LogP contribution in [0.5, 0.6) is 0 Å². The highest BCUT2D eigenvalue weighted by molar-refractivity contribution is 5.34. The molecule has 1 aromatic carbocycles. The highest BCUT2D eigenvalue weighted by Crippen LogP contribution is 2.10. The van der Waals surface area contributed by atoms with Crippen molar-refractivity contribution >= 4 is 5.69 Å². The van der Waals surface area contributed by atoms with E-state index in [0.717, 1.165) is 5.69 Å². The molecule has 0 saturated carbocycles. The average Bonchev–Trinajstić information content (AvgIpc) is 2.16. The summed E-state index contributed by atoms with van der Waals surface area (Å²) in [6, 6.07) is 9.35. The number of benzene rings is 1. The molecule has 0 radical (unpaired) electrons. The van der Waals surface area contributed by atoms with Crippen LogP contribution in [0.2, 0.25) is 0 Å². The van der Waals surface area contributed by atoms with E-state index in [1.54, 1.807) is 0 Å².